The maximum atomic E-state index is 10.2. The Morgan fingerprint density at radius 1 is 1.35 bits per heavy atom. The number of fused-ring (bicyclic) bond motifs is 1. The fourth-order valence-electron chi connectivity index (χ4n) is 2.57. The monoisotopic (exact) mass is 391 g/mol. The lowest BCUT2D eigenvalue weighted by atomic mass is 10.0. The van der Waals surface area contributed by atoms with E-state index >= 15 is 0 Å². The molecule has 3 rings (SSSR count). The van der Waals surface area contributed by atoms with Crippen molar-refractivity contribution in [2.75, 3.05) is 12.3 Å². The van der Waals surface area contributed by atoms with E-state index < -0.39 is 18.2 Å². The molecular weight excluding hydrogens is 377 g/mol. The minimum Gasteiger partial charge on any atom is -0.389 e. The molecule has 8 nitrogen and oxygen atoms in total. The highest BCUT2D eigenvalue weighted by molar-refractivity contribution is 14.1. The molecule has 3 heterocycles. The van der Waals surface area contributed by atoms with Crippen molar-refractivity contribution in [2.45, 2.75) is 24.3 Å². The fraction of sp³-hybridized carbons (Fsp3) is 0.455. The second-order valence-corrected chi connectivity index (χ2v) is 5.36. The second kappa shape index (κ2) is 5.41. The van der Waals surface area contributed by atoms with E-state index in [-0.39, 0.29) is 6.04 Å². The van der Waals surface area contributed by atoms with E-state index in [0.717, 1.165) is 5.56 Å². The number of aromatic nitrogens is 3. The quantitative estimate of drug-likeness (QED) is 0.452. The van der Waals surface area contributed by atoms with Crippen LogP contribution in [-0.4, -0.2) is 50.0 Å². The van der Waals surface area contributed by atoms with Gasteiger partial charge in [0.15, 0.2) is 5.82 Å². The van der Waals surface area contributed by atoms with Gasteiger partial charge in [-0.1, -0.05) is 0 Å². The molecule has 9 heteroatoms. The highest BCUT2D eigenvalue weighted by Gasteiger charge is 2.42. The van der Waals surface area contributed by atoms with Gasteiger partial charge in [0.2, 0.25) is 0 Å². The smallest absolute Gasteiger partial charge is 0.151 e. The van der Waals surface area contributed by atoms with E-state index in [1.165, 1.54) is 6.33 Å². The van der Waals surface area contributed by atoms with Crippen LogP contribution in [-0.2, 0) is 3.07 Å². The minimum atomic E-state index is -0.943. The van der Waals surface area contributed by atoms with Gasteiger partial charge in [-0.05, 0) is 0 Å². The SMILES string of the molecule is Nc1ncnc2c([C@@H]3N[C@H](COI)[C@@H](O)[C@H]3O)c[nH]c12. The zero-order chi connectivity index (χ0) is 14.3. The highest BCUT2D eigenvalue weighted by Crippen LogP contribution is 2.32. The molecular formula is C11H14IN5O3. The Morgan fingerprint density at radius 3 is 2.90 bits per heavy atom. The summed E-state index contributed by atoms with van der Waals surface area (Å²) in [5.41, 5.74) is 7.78. The van der Waals surface area contributed by atoms with Crippen molar-refractivity contribution in [1.29, 1.82) is 0 Å². The summed E-state index contributed by atoms with van der Waals surface area (Å²) in [7, 11) is 0. The number of H-pyrrole nitrogens is 1. The standard InChI is InChI=1S/C11H14IN5O3/c12-20-2-5-9(18)10(19)7(17-5)4-1-14-8-6(4)15-3-16-11(8)13/h1,3,5,7,9-10,14,17-19H,2H2,(H2,13,15,16)/t5-,7+,9-,10+/m1/s1. The molecule has 0 spiro atoms. The maximum Gasteiger partial charge on any atom is 0.151 e. The molecule has 0 aliphatic carbocycles. The first kappa shape index (κ1) is 13.9. The molecule has 4 atom stereocenters. The molecule has 1 aliphatic rings. The van der Waals surface area contributed by atoms with E-state index in [9.17, 15) is 10.2 Å². The molecule has 0 amide bonds. The van der Waals surface area contributed by atoms with Gasteiger partial charge in [-0.15, -0.1) is 0 Å². The van der Waals surface area contributed by atoms with Crippen LogP contribution in [0.5, 0.6) is 0 Å². The van der Waals surface area contributed by atoms with E-state index in [2.05, 4.69) is 20.3 Å². The number of aliphatic hydroxyl groups is 2. The van der Waals surface area contributed by atoms with Crippen molar-refractivity contribution >= 4 is 39.9 Å². The third-order valence-electron chi connectivity index (χ3n) is 3.60. The minimum absolute atomic E-state index is 0.300. The number of nitrogens with one attached hydrogen (secondary N) is 2. The number of halogens is 1. The Bertz CT molecular complexity index is 621. The lowest BCUT2D eigenvalue weighted by Crippen LogP contribution is -2.36. The van der Waals surface area contributed by atoms with E-state index in [1.807, 2.05) is 0 Å². The lowest BCUT2D eigenvalue weighted by molar-refractivity contribution is 0.0237. The van der Waals surface area contributed by atoms with Crippen molar-refractivity contribution in [3.8, 4) is 0 Å². The van der Waals surface area contributed by atoms with E-state index in [0.29, 0.717) is 23.5 Å². The van der Waals surface area contributed by atoms with Gasteiger partial charge in [-0.2, -0.15) is 0 Å². The molecule has 1 aliphatic heterocycles. The van der Waals surface area contributed by atoms with Crippen LogP contribution >= 0.6 is 23.0 Å². The molecule has 0 bridgehead atoms. The zero-order valence-corrected chi connectivity index (χ0v) is 12.5. The largest absolute Gasteiger partial charge is 0.389 e. The van der Waals surface area contributed by atoms with Gasteiger partial charge >= 0.3 is 0 Å². The number of rotatable bonds is 3. The Labute approximate surface area is 128 Å². The number of hydrogen-bond donors (Lipinski definition) is 5. The topological polar surface area (TPSA) is 129 Å². The normalized spacial score (nSPS) is 30.1. The average molecular weight is 391 g/mol. The molecule has 0 radical (unpaired) electrons. The van der Waals surface area contributed by atoms with Crippen LogP contribution < -0.4 is 11.1 Å². The second-order valence-electron chi connectivity index (χ2n) is 4.73. The van der Waals surface area contributed by atoms with Crippen molar-refractivity contribution in [3.05, 3.63) is 18.1 Å². The van der Waals surface area contributed by atoms with Crippen LogP contribution in [0.25, 0.3) is 11.0 Å². The first-order chi connectivity index (χ1) is 9.63. The van der Waals surface area contributed by atoms with Crippen LogP contribution in [0.4, 0.5) is 5.82 Å². The van der Waals surface area contributed by atoms with Gasteiger partial charge in [-0.25, -0.2) is 9.97 Å². The molecule has 2 aromatic rings. The Balaban J connectivity index is 1.97. The summed E-state index contributed by atoms with van der Waals surface area (Å²) in [4.78, 5) is 11.1. The predicted molar refractivity (Wildman–Crippen MR) is 80.0 cm³/mol. The molecule has 1 saturated heterocycles. The molecule has 20 heavy (non-hydrogen) atoms. The van der Waals surface area contributed by atoms with E-state index in [4.69, 9.17) is 8.80 Å². The summed E-state index contributed by atoms with van der Waals surface area (Å²) in [6.07, 6.45) is 1.25. The van der Waals surface area contributed by atoms with Crippen LogP contribution in [0.15, 0.2) is 12.5 Å². The predicted octanol–water partition coefficient (Wildman–Crippen LogP) is -0.359. The molecule has 108 valence electrons. The van der Waals surface area contributed by atoms with Crippen LogP contribution in [0.3, 0.4) is 0 Å². The third kappa shape index (κ3) is 2.15. The molecule has 0 saturated carbocycles. The first-order valence-corrected chi connectivity index (χ1v) is 6.94. The van der Waals surface area contributed by atoms with Gasteiger partial charge in [-0.3, -0.25) is 0 Å². The Morgan fingerprint density at radius 2 is 2.15 bits per heavy atom. The van der Waals surface area contributed by atoms with Crippen molar-refractivity contribution in [3.63, 3.8) is 0 Å². The summed E-state index contributed by atoms with van der Waals surface area (Å²) in [5.74, 6) is 0.349. The number of nitrogens with two attached hydrogens (primary N) is 1. The van der Waals surface area contributed by atoms with Crippen LogP contribution in [0.2, 0.25) is 0 Å². The molecule has 0 unspecified atom stereocenters. The zero-order valence-electron chi connectivity index (χ0n) is 10.3. The highest BCUT2D eigenvalue weighted by atomic mass is 127. The van der Waals surface area contributed by atoms with Crippen molar-refractivity contribution in [1.82, 2.24) is 20.3 Å². The number of aromatic amines is 1. The number of hydrogen-bond acceptors (Lipinski definition) is 7. The Kier molecular flexibility index (Phi) is 3.77. The van der Waals surface area contributed by atoms with Crippen molar-refractivity contribution < 1.29 is 13.3 Å². The average Bonchev–Trinajstić information content (AvgIpc) is 2.97. The summed E-state index contributed by atoms with van der Waals surface area (Å²) in [5, 5.41) is 23.4. The number of nitrogen functional groups attached to an aromatic ring is 1. The number of aliphatic hydroxyl groups excluding tert-OH is 2. The molecule has 1 fully saturated rings. The fourth-order valence-corrected chi connectivity index (χ4v) is 2.95. The van der Waals surface area contributed by atoms with E-state index in [1.54, 1.807) is 29.2 Å². The van der Waals surface area contributed by atoms with Gasteiger partial charge in [0.1, 0.15) is 41.0 Å². The van der Waals surface area contributed by atoms with Crippen LogP contribution in [0, 0.1) is 0 Å². The lowest BCUT2D eigenvalue weighted by Gasteiger charge is -2.14. The molecule has 6 N–H and O–H groups in total. The van der Waals surface area contributed by atoms with Gasteiger partial charge < -0.3 is 29.3 Å². The Hall–Kier alpha value is -1.01. The van der Waals surface area contributed by atoms with Gasteiger partial charge in [0, 0.05) is 11.8 Å². The summed E-state index contributed by atoms with van der Waals surface area (Å²) >= 11 is 1.76. The summed E-state index contributed by atoms with van der Waals surface area (Å²) in [6.45, 7) is 0.300. The summed E-state index contributed by atoms with van der Waals surface area (Å²) < 4.78 is 5.00. The number of anilines is 1. The molecule has 0 aromatic carbocycles. The maximum absolute atomic E-state index is 10.2. The molecule has 2 aromatic heterocycles. The van der Waals surface area contributed by atoms with Gasteiger partial charge in [0.05, 0.1) is 30.3 Å². The third-order valence-corrected chi connectivity index (χ3v) is 3.96. The van der Waals surface area contributed by atoms with Crippen molar-refractivity contribution in [2.24, 2.45) is 0 Å². The van der Waals surface area contributed by atoms with Gasteiger partial charge in [0.25, 0.3) is 0 Å². The first-order valence-electron chi connectivity index (χ1n) is 6.06. The van der Waals surface area contributed by atoms with Crippen LogP contribution in [0.1, 0.15) is 11.6 Å². The number of nitrogens with zero attached hydrogens (tertiary/aromatic N) is 2. The summed E-state index contributed by atoms with van der Waals surface area (Å²) in [6, 6.07) is -0.777.